The van der Waals surface area contributed by atoms with Gasteiger partial charge < -0.3 is 25.7 Å². The molecule has 1 saturated heterocycles. The van der Waals surface area contributed by atoms with Crippen LogP contribution in [0.1, 0.15) is 5.56 Å². The second kappa shape index (κ2) is 9.49. The molecular weight excluding hydrogens is 390 g/mol. The number of carbonyl (C=O) groups is 3. The number of hydrogen-bond acceptors (Lipinski definition) is 7. The van der Waals surface area contributed by atoms with Crippen molar-refractivity contribution in [2.75, 3.05) is 40.3 Å². The van der Waals surface area contributed by atoms with E-state index in [2.05, 4.69) is 5.32 Å². The number of carbonyl (C=O) groups excluding carboxylic acids is 3. The van der Waals surface area contributed by atoms with Crippen LogP contribution in [0.15, 0.2) is 24.3 Å². The van der Waals surface area contributed by atoms with Gasteiger partial charge in [-0.2, -0.15) is 0 Å². The third-order valence-electron chi connectivity index (χ3n) is 4.70. The van der Waals surface area contributed by atoms with Crippen LogP contribution >= 0.6 is 12.4 Å². The maximum atomic E-state index is 13.1. The van der Waals surface area contributed by atoms with Crippen LogP contribution in [0.4, 0.5) is 10.5 Å². The Hall–Kier alpha value is -2.69. The lowest BCUT2D eigenvalue weighted by Crippen LogP contribution is -2.58. The minimum Gasteiger partial charge on any atom is -0.544 e. The number of quaternary nitrogens is 1. The van der Waals surface area contributed by atoms with Crippen LogP contribution in [0.2, 0.25) is 0 Å². The molecule has 154 valence electrons. The monoisotopic (exact) mass is 413 g/mol. The van der Waals surface area contributed by atoms with Crippen LogP contribution in [-0.2, 0) is 14.3 Å². The van der Waals surface area contributed by atoms with Gasteiger partial charge in [-0.15, -0.1) is 12.4 Å². The van der Waals surface area contributed by atoms with Crippen molar-refractivity contribution in [3.63, 3.8) is 0 Å². The van der Waals surface area contributed by atoms with Crippen molar-refractivity contribution >= 4 is 41.9 Å². The van der Waals surface area contributed by atoms with Gasteiger partial charge in [0.2, 0.25) is 0 Å². The van der Waals surface area contributed by atoms with Crippen molar-refractivity contribution in [2.24, 2.45) is 5.73 Å². The SMILES string of the molecule is CNC(CN1CC[N+](CC(=O)[O-])(c2ccc(C(=N)N)cc2)C1=O)C(=O)OC.Cl. The topological polar surface area (TPSA) is 149 Å². The Morgan fingerprint density at radius 3 is 2.46 bits per heavy atom. The van der Waals surface area contributed by atoms with Gasteiger partial charge in [-0.25, -0.2) is 9.28 Å². The van der Waals surface area contributed by atoms with Crippen LogP contribution in [0.25, 0.3) is 0 Å². The Bertz CT molecular complexity index is 757. The van der Waals surface area contributed by atoms with Gasteiger partial charge in [0.25, 0.3) is 0 Å². The Kier molecular flexibility index (Phi) is 7.91. The summed E-state index contributed by atoms with van der Waals surface area (Å²) in [6.45, 7) is 0.0113. The highest BCUT2D eigenvalue weighted by atomic mass is 35.5. The number of nitrogens with two attached hydrogens (primary N) is 1. The Labute approximate surface area is 168 Å². The lowest BCUT2D eigenvalue weighted by atomic mass is 10.1. The van der Waals surface area contributed by atoms with Crippen molar-refractivity contribution < 1.29 is 24.2 Å². The summed E-state index contributed by atoms with van der Waals surface area (Å²) in [6, 6.07) is 5.12. The maximum absolute atomic E-state index is 13.1. The first-order valence-corrected chi connectivity index (χ1v) is 8.31. The lowest BCUT2D eigenvalue weighted by Gasteiger charge is -2.31. The summed E-state index contributed by atoms with van der Waals surface area (Å²) in [5.74, 6) is -2.00. The van der Waals surface area contributed by atoms with Crippen molar-refractivity contribution in [3.8, 4) is 0 Å². The number of carboxylic acid groups (broad SMARTS) is 1. The van der Waals surface area contributed by atoms with Crippen LogP contribution < -0.4 is 20.6 Å². The van der Waals surface area contributed by atoms with E-state index in [-0.39, 0.29) is 37.9 Å². The number of likely N-dealkylation sites (N-methyl/N-ethyl adjacent to an activating group) is 1. The number of nitrogens with one attached hydrogen (secondary N) is 2. The molecule has 28 heavy (non-hydrogen) atoms. The number of amides is 2. The summed E-state index contributed by atoms with van der Waals surface area (Å²) in [5.41, 5.74) is 6.36. The number of nitrogens with zero attached hydrogens (tertiary/aromatic N) is 2. The molecule has 4 N–H and O–H groups in total. The summed E-state index contributed by atoms with van der Waals surface area (Å²) >= 11 is 0. The molecule has 2 atom stereocenters. The first-order valence-electron chi connectivity index (χ1n) is 8.31. The van der Waals surface area contributed by atoms with E-state index in [0.29, 0.717) is 11.3 Å². The third-order valence-corrected chi connectivity index (χ3v) is 4.70. The van der Waals surface area contributed by atoms with Crippen molar-refractivity contribution in [3.05, 3.63) is 29.8 Å². The van der Waals surface area contributed by atoms with E-state index in [0.717, 1.165) is 0 Å². The summed E-state index contributed by atoms with van der Waals surface area (Å²) in [4.78, 5) is 37.7. The minimum atomic E-state index is -1.36. The number of rotatable bonds is 8. The molecule has 0 radical (unpaired) electrons. The number of carboxylic acids is 1. The summed E-state index contributed by atoms with van der Waals surface area (Å²) in [5, 5.41) is 21.6. The summed E-state index contributed by atoms with van der Waals surface area (Å²) in [7, 11) is 2.83. The fourth-order valence-corrected chi connectivity index (χ4v) is 3.19. The van der Waals surface area contributed by atoms with Gasteiger partial charge in [-0.05, 0) is 19.2 Å². The molecule has 1 fully saturated rings. The number of hydrogen-bond donors (Lipinski definition) is 3. The van der Waals surface area contributed by atoms with Gasteiger partial charge in [0.1, 0.15) is 30.7 Å². The number of methoxy groups -OCH3 is 1. The molecule has 0 bridgehead atoms. The average Bonchev–Trinajstić information content (AvgIpc) is 2.95. The summed E-state index contributed by atoms with van der Waals surface area (Å²) in [6.07, 6.45) is 0. The standard InChI is InChI=1S/C17H23N5O5.ClH/c1-20-13(16(25)27-2)9-21-7-8-22(17(21)26,10-14(23)24)12-5-3-11(4-6-12)15(18)19;/h3-6,13,20H,7-10H2,1-2H3,(H3-,18,19,23,24);1H. The van der Waals surface area contributed by atoms with Gasteiger partial charge in [0.15, 0.2) is 0 Å². The quantitative estimate of drug-likeness (QED) is 0.206. The molecule has 1 aliphatic heterocycles. The molecule has 2 unspecified atom stereocenters. The number of aliphatic carboxylic acids is 1. The second-order valence-corrected chi connectivity index (χ2v) is 6.28. The highest BCUT2D eigenvalue weighted by molar-refractivity contribution is 5.97. The predicted octanol–water partition coefficient (Wildman–Crippen LogP) is -1.35. The van der Waals surface area contributed by atoms with E-state index in [1.807, 2.05) is 0 Å². The maximum Gasteiger partial charge on any atom is 0.424 e. The number of urea groups is 1. The van der Waals surface area contributed by atoms with Gasteiger partial charge in [0, 0.05) is 17.7 Å². The van der Waals surface area contributed by atoms with Crippen LogP contribution in [0.3, 0.4) is 0 Å². The molecule has 1 aliphatic rings. The van der Waals surface area contributed by atoms with E-state index in [4.69, 9.17) is 15.9 Å². The number of ether oxygens (including phenoxy) is 1. The first kappa shape index (κ1) is 23.3. The Morgan fingerprint density at radius 2 is 2.00 bits per heavy atom. The normalized spacial score (nSPS) is 19.6. The molecule has 1 aromatic rings. The van der Waals surface area contributed by atoms with Crippen molar-refractivity contribution in [2.45, 2.75) is 6.04 Å². The van der Waals surface area contributed by atoms with Crippen molar-refractivity contribution in [1.82, 2.24) is 14.7 Å². The molecular formula is C17H24ClN5O5. The number of benzene rings is 1. The summed E-state index contributed by atoms with van der Waals surface area (Å²) < 4.78 is 4.24. The fraction of sp³-hybridized carbons (Fsp3) is 0.412. The largest absolute Gasteiger partial charge is 0.544 e. The molecule has 0 spiro atoms. The molecule has 2 rings (SSSR count). The molecule has 1 aromatic carbocycles. The van der Waals surface area contributed by atoms with Crippen LogP contribution in [0, 0.1) is 5.41 Å². The fourth-order valence-electron chi connectivity index (χ4n) is 3.19. The number of halogens is 1. The zero-order valence-corrected chi connectivity index (χ0v) is 16.5. The van der Waals surface area contributed by atoms with E-state index in [1.165, 1.54) is 12.0 Å². The van der Waals surface area contributed by atoms with Crippen LogP contribution in [-0.4, -0.2) is 75.1 Å². The molecule has 0 aliphatic carbocycles. The minimum absolute atomic E-state index is 0. The number of amidine groups is 1. The third kappa shape index (κ3) is 4.58. The molecule has 11 heteroatoms. The Balaban J connectivity index is 0.00000392. The molecule has 10 nitrogen and oxygen atoms in total. The van der Waals surface area contributed by atoms with E-state index in [1.54, 1.807) is 31.3 Å². The average molecular weight is 414 g/mol. The van der Waals surface area contributed by atoms with Crippen LogP contribution in [0.5, 0.6) is 0 Å². The molecule has 0 aromatic heterocycles. The van der Waals surface area contributed by atoms with E-state index in [9.17, 15) is 19.5 Å². The highest BCUT2D eigenvalue weighted by Gasteiger charge is 2.49. The lowest BCUT2D eigenvalue weighted by molar-refractivity contribution is -0.305. The van der Waals surface area contributed by atoms with Gasteiger partial charge in [0.05, 0.1) is 26.2 Å². The first-order chi connectivity index (χ1) is 12.7. The predicted molar refractivity (Wildman–Crippen MR) is 103 cm³/mol. The molecule has 0 saturated carbocycles. The smallest absolute Gasteiger partial charge is 0.424 e. The van der Waals surface area contributed by atoms with E-state index >= 15 is 0 Å². The Morgan fingerprint density at radius 1 is 1.39 bits per heavy atom. The van der Waals surface area contributed by atoms with Gasteiger partial charge in [-0.1, -0.05) is 0 Å². The molecule has 1 heterocycles. The van der Waals surface area contributed by atoms with Crippen molar-refractivity contribution in [1.29, 1.82) is 5.41 Å². The van der Waals surface area contributed by atoms with E-state index < -0.39 is 35.0 Å². The zero-order chi connectivity index (χ0) is 20.2. The highest BCUT2D eigenvalue weighted by Crippen LogP contribution is 2.30. The zero-order valence-electron chi connectivity index (χ0n) is 15.6. The second-order valence-electron chi connectivity index (χ2n) is 6.28. The number of nitrogen functional groups attached to an aromatic ring is 1. The molecule has 2 amide bonds. The van der Waals surface area contributed by atoms with Gasteiger partial charge >= 0.3 is 12.0 Å². The van der Waals surface area contributed by atoms with Gasteiger partial charge in [-0.3, -0.25) is 15.1 Å². The number of esters is 1.